The van der Waals surface area contributed by atoms with Crippen LogP contribution in [0.1, 0.15) is 0 Å². The maximum atomic E-state index is 4.24. The van der Waals surface area contributed by atoms with Gasteiger partial charge in [-0.2, -0.15) is 5.10 Å². The molecule has 4 nitrogen and oxygen atoms in total. The topological polar surface area (TPSA) is 53.4 Å². The number of benzene rings is 2. The molecule has 0 aliphatic heterocycles. The lowest BCUT2D eigenvalue weighted by molar-refractivity contribution is 1.09. The van der Waals surface area contributed by atoms with Crippen molar-refractivity contribution in [2.45, 2.75) is 0 Å². The van der Waals surface area contributed by atoms with E-state index >= 15 is 0 Å². The Hall–Kier alpha value is -2.49. The molecular formula is C13H10N4. The van der Waals surface area contributed by atoms with Crippen LogP contribution in [0.3, 0.4) is 0 Å². The molecule has 0 saturated heterocycles. The van der Waals surface area contributed by atoms with E-state index in [1.54, 1.807) is 12.4 Å². The highest BCUT2D eigenvalue weighted by atomic mass is 15.2. The van der Waals surface area contributed by atoms with Crippen LogP contribution in [0.5, 0.6) is 0 Å². The van der Waals surface area contributed by atoms with Crippen molar-refractivity contribution in [2.24, 2.45) is 10.2 Å². The first kappa shape index (κ1) is 9.72. The largest absolute Gasteiger partial charge is 0.283 e. The molecule has 0 atom stereocenters. The van der Waals surface area contributed by atoms with Crippen molar-refractivity contribution in [3.05, 3.63) is 54.9 Å². The quantitative estimate of drug-likeness (QED) is 0.655. The van der Waals surface area contributed by atoms with Gasteiger partial charge in [-0.25, -0.2) is 0 Å². The fourth-order valence-corrected chi connectivity index (χ4v) is 1.71. The summed E-state index contributed by atoms with van der Waals surface area (Å²) in [4.78, 5) is 0. The Labute approximate surface area is 98.0 Å². The minimum Gasteiger partial charge on any atom is -0.283 e. The number of hydrogen-bond acceptors (Lipinski definition) is 3. The van der Waals surface area contributed by atoms with Crippen molar-refractivity contribution in [3.63, 3.8) is 0 Å². The zero-order valence-corrected chi connectivity index (χ0v) is 9.04. The molecule has 4 heteroatoms. The molecule has 0 saturated carbocycles. The lowest BCUT2D eigenvalue weighted by Gasteiger charge is -1.99. The maximum absolute atomic E-state index is 4.24. The van der Waals surface area contributed by atoms with Gasteiger partial charge in [0.25, 0.3) is 0 Å². The number of nitrogens with one attached hydrogen (secondary N) is 1. The maximum Gasteiger partial charge on any atom is 0.123 e. The molecule has 17 heavy (non-hydrogen) atoms. The van der Waals surface area contributed by atoms with E-state index in [0.29, 0.717) is 0 Å². The summed E-state index contributed by atoms with van der Waals surface area (Å²) in [5, 5.41) is 17.1. The van der Waals surface area contributed by atoms with Crippen molar-refractivity contribution in [2.75, 3.05) is 0 Å². The van der Waals surface area contributed by atoms with E-state index in [1.807, 2.05) is 30.3 Å². The van der Waals surface area contributed by atoms with Crippen LogP contribution in [0.25, 0.3) is 10.8 Å². The normalized spacial score (nSPS) is 11.3. The summed E-state index contributed by atoms with van der Waals surface area (Å²) in [7, 11) is 0. The fraction of sp³-hybridized carbons (Fsp3) is 0. The van der Waals surface area contributed by atoms with Gasteiger partial charge < -0.3 is 0 Å². The SMILES string of the molecule is c1ccc2c(N=Nc3cn[nH]c3)cccc2c1. The Bertz CT molecular complexity index is 651. The lowest BCUT2D eigenvalue weighted by atomic mass is 10.1. The van der Waals surface area contributed by atoms with Gasteiger partial charge in [0.1, 0.15) is 5.69 Å². The second kappa shape index (κ2) is 4.17. The number of aromatic amines is 1. The van der Waals surface area contributed by atoms with Crippen molar-refractivity contribution in [1.29, 1.82) is 0 Å². The summed E-state index contributed by atoms with van der Waals surface area (Å²) in [6.07, 6.45) is 3.34. The molecule has 1 N–H and O–H groups in total. The molecule has 0 radical (unpaired) electrons. The van der Waals surface area contributed by atoms with Gasteiger partial charge in [-0.05, 0) is 11.5 Å². The summed E-state index contributed by atoms with van der Waals surface area (Å²) in [6, 6.07) is 14.1. The first-order valence-corrected chi connectivity index (χ1v) is 5.32. The highest BCUT2D eigenvalue weighted by molar-refractivity contribution is 5.92. The predicted octanol–water partition coefficient (Wildman–Crippen LogP) is 3.98. The average molecular weight is 222 g/mol. The van der Waals surface area contributed by atoms with Crippen LogP contribution in [-0.2, 0) is 0 Å². The molecule has 0 aliphatic carbocycles. The van der Waals surface area contributed by atoms with E-state index < -0.39 is 0 Å². The van der Waals surface area contributed by atoms with Crippen LogP contribution >= 0.6 is 0 Å². The van der Waals surface area contributed by atoms with E-state index in [-0.39, 0.29) is 0 Å². The second-order valence-electron chi connectivity index (χ2n) is 3.65. The molecule has 0 aliphatic rings. The third-order valence-corrected chi connectivity index (χ3v) is 2.52. The van der Waals surface area contributed by atoms with Crippen LogP contribution in [0.15, 0.2) is 65.1 Å². The Morgan fingerprint density at radius 2 is 1.82 bits per heavy atom. The number of nitrogens with zero attached hydrogens (tertiary/aromatic N) is 3. The van der Waals surface area contributed by atoms with Crippen molar-refractivity contribution >= 4 is 22.1 Å². The summed E-state index contributed by atoms with van der Waals surface area (Å²) in [6.45, 7) is 0. The van der Waals surface area contributed by atoms with Gasteiger partial charge in [0.2, 0.25) is 0 Å². The summed E-state index contributed by atoms with van der Waals surface area (Å²) in [5.74, 6) is 0. The van der Waals surface area contributed by atoms with Gasteiger partial charge >= 0.3 is 0 Å². The summed E-state index contributed by atoms with van der Waals surface area (Å²) < 4.78 is 0. The molecule has 0 unspecified atom stereocenters. The molecule has 0 spiro atoms. The monoisotopic (exact) mass is 222 g/mol. The lowest BCUT2D eigenvalue weighted by Crippen LogP contribution is -1.71. The Morgan fingerprint density at radius 1 is 0.941 bits per heavy atom. The fourth-order valence-electron chi connectivity index (χ4n) is 1.71. The molecule has 0 fully saturated rings. The molecule has 0 amide bonds. The molecule has 3 rings (SSSR count). The Morgan fingerprint density at radius 3 is 2.71 bits per heavy atom. The number of hydrogen-bond donors (Lipinski definition) is 1. The number of azo groups is 1. The molecule has 1 heterocycles. The highest BCUT2D eigenvalue weighted by Gasteiger charge is 1.98. The van der Waals surface area contributed by atoms with E-state index in [9.17, 15) is 0 Å². The van der Waals surface area contributed by atoms with Gasteiger partial charge in [0.15, 0.2) is 0 Å². The van der Waals surface area contributed by atoms with Gasteiger partial charge in [0, 0.05) is 11.6 Å². The zero-order valence-electron chi connectivity index (χ0n) is 9.04. The third-order valence-electron chi connectivity index (χ3n) is 2.52. The average Bonchev–Trinajstić information content (AvgIpc) is 2.89. The highest BCUT2D eigenvalue weighted by Crippen LogP contribution is 2.26. The van der Waals surface area contributed by atoms with Crippen molar-refractivity contribution < 1.29 is 0 Å². The molecule has 82 valence electrons. The first-order valence-electron chi connectivity index (χ1n) is 5.32. The minimum absolute atomic E-state index is 0.720. The van der Waals surface area contributed by atoms with Crippen LogP contribution in [0.2, 0.25) is 0 Å². The Kier molecular flexibility index (Phi) is 2.38. The van der Waals surface area contributed by atoms with Crippen molar-refractivity contribution in [1.82, 2.24) is 10.2 Å². The molecule has 2 aromatic carbocycles. The third kappa shape index (κ3) is 1.92. The first-order chi connectivity index (χ1) is 8.43. The van der Waals surface area contributed by atoms with E-state index in [4.69, 9.17) is 0 Å². The molecule has 3 aromatic rings. The standard InChI is InChI=1S/C13H10N4/c1-2-6-12-10(4-1)5-3-7-13(12)17-16-11-8-14-15-9-11/h1-9H,(H,14,15). The number of rotatable bonds is 2. The van der Waals surface area contributed by atoms with Gasteiger partial charge in [0.05, 0.1) is 11.9 Å². The van der Waals surface area contributed by atoms with E-state index in [2.05, 4.69) is 32.6 Å². The zero-order chi connectivity index (χ0) is 11.5. The Balaban J connectivity index is 2.06. The summed E-state index contributed by atoms with van der Waals surface area (Å²) in [5.41, 5.74) is 1.59. The minimum atomic E-state index is 0.720. The van der Waals surface area contributed by atoms with Crippen LogP contribution < -0.4 is 0 Å². The molecule has 1 aromatic heterocycles. The second-order valence-corrected chi connectivity index (χ2v) is 3.65. The van der Waals surface area contributed by atoms with Crippen LogP contribution in [0, 0.1) is 0 Å². The van der Waals surface area contributed by atoms with Gasteiger partial charge in [-0.15, -0.1) is 10.2 Å². The number of fused-ring (bicyclic) bond motifs is 1. The van der Waals surface area contributed by atoms with Gasteiger partial charge in [-0.3, -0.25) is 5.10 Å². The van der Waals surface area contributed by atoms with Gasteiger partial charge in [-0.1, -0.05) is 36.4 Å². The van der Waals surface area contributed by atoms with E-state index in [1.165, 1.54) is 0 Å². The smallest absolute Gasteiger partial charge is 0.123 e. The van der Waals surface area contributed by atoms with Crippen LogP contribution in [-0.4, -0.2) is 10.2 Å². The molecular weight excluding hydrogens is 212 g/mol. The summed E-state index contributed by atoms with van der Waals surface area (Å²) >= 11 is 0. The van der Waals surface area contributed by atoms with Crippen molar-refractivity contribution in [3.8, 4) is 0 Å². The predicted molar refractivity (Wildman–Crippen MR) is 66.7 cm³/mol. The number of H-pyrrole nitrogens is 1. The molecule has 0 bridgehead atoms. The van der Waals surface area contributed by atoms with Crippen LogP contribution in [0.4, 0.5) is 11.4 Å². The van der Waals surface area contributed by atoms with E-state index in [0.717, 1.165) is 22.1 Å². The number of aromatic nitrogens is 2.